The summed E-state index contributed by atoms with van der Waals surface area (Å²) in [7, 11) is 0. The lowest BCUT2D eigenvalue weighted by atomic mass is 9.95. The molecular weight excluding hydrogens is 332 g/mol. The number of nitrogens with zero attached hydrogens (tertiary/aromatic N) is 2. The normalized spacial score (nSPS) is 19.8. The molecule has 124 valence electrons. The lowest BCUT2D eigenvalue weighted by molar-refractivity contribution is 0.217. The first kappa shape index (κ1) is 15.9. The van der Waals surface area contributed by atoms with Crippen LogP contribution in [0.3, 0.4) is 0 Å². The van der Waals surface area contributed by atoms with Crippen molar-refractivity contribution in [2.45, 2.75) is 12.1 Å². The Labute approximate surface area is 151 Å². The number of benzene rings is 3. The first-order valence-corrected chi connectivity index (χ1v) is 8.53. The molecule has 0 saturated heterocycles. The SMILES string of the molecule is OC1C(c2ccc(Cl)cc2)=NN(c2ccccc2)C1c1ccccc1. The summed E-state index contributed by atoms with van der Waals surface area (Å²) in [6.07, 6.45) is -0.733. The number of rotatable bonds is 3. The molecule has 0 radical (unpaired) electrons. The molecule has 2 atom stereocenters. The van der Waals surface area contributed by atoms with Crippen LogP contribution in [0.5, 0.6) is 0 Å². The largest absolute Gasteiger partial charge is 0.384 e. The number of hydrazone groups is 1. The van der Waals surface area contributed by atoms with Gasteiger partial charge >= 0.3 is 0 Å². The van der Waals surface area contributed by atoms with Crippen molar-refractivity contribution < 1.29 is 5.11 Å². The van der Waals surface area contributed by atoms with Crippen LogP contribution in [0.2, 0.25) is 5.02 Å². The average Bonchev–Trinajstić information content (AvgIpc) is 3.01. The van der Waals surface area contributed by atoms with Crippen LogP contribution < -0.4 is 5.01 Å². The first-order valence-electron chi connectivity index (χ1n) is 8.16. The quantitative estimate of drug-likeness (QED) is 0.746. The van der Waals surface area contributed by atoms with Gasteiger partial charge in [-0.05, 0) is 29.8 Å². The molecule has 0 aliphatic carbocycles. The molecule has 0 saturated carbocycles. The Morgan fingerprint density at radius 1 is 0.800 bits per heavy atom. The minimum atomic E-state index is -0.733. The number of halogens is 1. The van der Waals surface area contributed by atoms with Crippen molar-refractivity contribution in [3.8, 4) is 0 Å². The van der Waals surface area contributed by atoms with E-state index in [0.29, 0.717) is 10.7 Å². The van der Waals surface area contributed by atoms with Crippen LogP contribution >= 0.6 is 11.6 Å². The van der Waals surface area contributed by atoms with Crippen molar-refractivity contribution in [1.82, 2.24) is 0 Å². The number of anilines is 1. The second-order valence-corrected chi connectivity index (χ2v) is 6.41. The first-order chi connectivity index (χ1) is 12.2. The standard InChI is InChI=1S/C21H17ClN2O/c22-17-13-11-15(12-14-17)19-21(25)20(16-7-3-1-4-8-16)24(23-19)18-9-5-2-6-10-18/h1-14,20-21,25H. The van der Waals surface area contributed by atoms with Gasteiger partial charge in [-0.2, -0.15) is 5.10 Å². The Balaban J connectivity index is 1.80. The van der Waals surface area contributed by atoms with Crippen LogP contribution in [0.1, 0.15) is 17.2 Å². The summed E-state index contributed by atoms with van der Waals surface area (Å²) >= 11 is 5.99. The molecule has 0 fully saturated rings. The number of aliphatic hydroxyl groups is 1. The molecule has 4 heteroatoms. The number of hydrogen-bond acceptors (Lipinski definition) is 3. The molecule has 25 heavy (non-hydrogen) atoms. The predicted octanol–water partition coefficient (Wildman–Crippen LogP) is 4.67. The van der Waals surface area contributed by atoms with Gasteiger partial charge in [0.2, 0.25) is 0 Å². The molecular formula is C21H17ClN2O. The van der Waals surface area contributed by atoms with Gasteiger partial charge in [-0.25, -0.2) is 0 Å². The minimum Gasteiger partial charge on any atom is -0.384 e. The van der Waals surface area contributed by atoms with Gasteiger partial charge < -0.3 is 5.11 Å². The third-order valence-corrected chi connectivity index (χ3v) is 4.61. The molecule has 0 bridgehead atoms. The van der Waals surface area contributed by atoms with Crippen LogP contribution in [0.15, 0.2) is 90.0 Å². The molecule has 1 aliphatic rings. The molecule has 4 rings (SSSR count). The Morgan fingerprint density at radius 3 is 2.04 bits per heavy atom. The summed E-state index contributed by atoms with van der Waals surface area (Å²) in [5.41, 5.74) is 3.48. The summed E-state index contributed by atoms with van der Waals surface area (Å²) < 4.78 is 0. The summed E-state index contributed by atoms with van der Waals surface area (Å²) in [4.78, 5) is 0. The lowest BCUT2D eigenvalue weighted by Crippen LogP contribution is -2.29. The van der Waals surface area contributed by atoms with E-state index < -0.39 is 6.10 Å². The van der Waals surface area contributed by atoms with Crippen molar-refractivity contribution >= 4 is 23.0 Å². The van der Waals surface area contributed by atoms with Crippen molar-refractivity contribution in [1.29, 1.82) is 0 Å². The maximum absolute atomic E-state index is 11.1. The molecule has 2 unspecified atom stereocenters. The van der Waals surface area contributed by atoms with Gasteiger partial charge in [-0.3, -0.25) is 5.01 Å². The topological polar surface area (TPSA) is 35.8 Å². The highest BCUT2D eigenvalue weighted by molar-refractivity contribution is 6.30. The van der Waals surface area contributed by atoms with Crippen LogP contribution in [0.4, 0.5) is 5.69 Å². The number of aliphatic hydroxyl groups excluding tert-OH is 1. The average molecular weight is 349 g/mol. The summed E-state index contributed by atoms with van der Waals surface area (Å²) in [6, 6.07) is 27.0. The molecule has 1 heterocycles. The zero-order valence-corrected chi connectivity index (χ0v) is 14.2. The maximum atomic E-state index is 11.1. The van der Waals surface area contributed by atoms with Crippen molar-refractivity contribution in [3.05, 3.63) is 101 Å². The number of hydrogen-bond donors (Lipinski definition) is 1. The Hall–Kier alpha value is -2.62. The molecule has 1 N–H and O–H groups in total. The van der Waals surface area contributed by atoms with Gasteiger partial charge in [-0.15, -0.1) is 0 Å². The summed E-state index contributed by atoms with van der Waals surface area (Å²) in [6.45, 7) is 0. The summed E-state index contributed by atoms with van der Waals surface area (Å²) in [5.74, 6) is 0. The fourth-order valence-corrected chi connectivity index (χ4v) is 3.27. The second kappa shape index (κ2) is 6.71. The van der Waals surface area contributed by atoms with E-state index in [-0.39, 0.29) is 6.04 Å². The smallest absolute Gasteiger partial charge is 0.125 e. The lowest BCUT2D eigenvalue weighted by Gasteiger charge is -2.26. The van der Waals surface area contributed by atoms with Gasteiger partial charge in [0.1, 0.15) is 12.1 Å². The second-order valence-electron chi connectivity index (χ2n) is 5.97. The monoisotopic (exact) mass is 348 g/mol. The maximum Gasteiger partial charge on any atom is 0.125 e. The van der Waals surface area contributed by atoms with Crippen molar-refractivity contribution in [3.63, 3.8) is 0 Å². The van der Waals surface area contributed by atoms with Crippen LogP contribution in [-0.2, 0) is 0 Å². The van der Waals surface area contributed by atoms with E-state index in [1.807, 2.05) is 89.9 Å². The molecule has 0 spiro atoms. The zero-order chi connectivity index (χ0) is 17.2. The van der Waals surface area contributed by atoms with Gasteiger partial charge in [0.05, 0.1) is 11.4 Å². The van der Waals surface area contributed by atoms with Crippen molar-refractivity contribution in [2.24, 2.45) is 5.10 Å². The zero-order valence-electron chi connectivity index (χ0n) is 13.5. The predicted molar refractivity (Wildman–Crippen MR) is 102 cm³/mol. The Kier molecular flexibility index (Phi) is 4.26. The highest BCUT2D eigenvalue weighted by atomic mass is 35.5. The van der Waals surface area contributed by atoms with Crippen LogP contribution in [-0.4, -0.2) is 16.9 Å². The summed E-state index contributed by atoms with van der Waals surface area (Å²) in [5, 5.41) is 18.4. The molecule has 3 nitrogen and oxygen atoms in total. The van der Waals surface area contributed by atoms with E-state index in [1.165, 1.54) is 0 Å². The van der Waals surface area contributed by atoms with E-state index in [2.05, 4.69) is 0 Å². The molecule has 0 amide bonds. The van der Waals surface area contributed by atoms with Crippen LogP contribution in [0.25, 0.3) is 0 Å². The molecule has 0 aromatic heterocycles. The van der Waals surface area contributed by atoms with E-state index in [1.54, 1.807) is 0 Å². The van der Waals surface area contributed by atoms with Gasteiger partial charge in [0.25, 0.3) is 0 Å². The fraction of sp³-hybridized carbons (Fsp3) is 0.0952. The number of para-hydroxylation sites is 1. The van der Waals surface area contributed by atoms with Gasteiger partial charge in [0.15, 0.2) is 0 Å². The fourth-order valence-electron chi connectivity index (χ4n) is 3.14. The molecule has 3 aromatic rings. The van der Waals surface area contributed by atoms with E-state index in [0.717, 1.165) is 16.8 Å². The third-order valence-electron chi connectivity index (χ3n) is 4.36. The van der Waals surface area contributed by atoms with Crippen LogP contribution in [0, 0.1) is 0 Å². The Morgan fingerprint density at radius 2 is 1.40 bits per heavy atom. The Bertz CT molecular complexity index is 879. The molecule has 3 aromatic carbocycles. The molecule has 1 aliphatic heterocycles. The third kappa shape index (κ3) is 3.04. The van der Waals surface area contributed by atoms with Gasteiger partial charge in [-0.1, -0.05) is 72.3 Å². The van der Waals surface area contributed by atoms with E-state index in [9.17, 15) is 5.11 Å². The highest BCUT2D eigenvalue weighted by Crippen LogP contribution is 2.36. The highest BCUT2D eigenvalue weighted by Gasteiger charge is 2.38. The van der Waals surface area contributed by atoms with E-state index >= 15 is 0 Å². The van der Waals surface area contributed by atoms with Crippen molar-refractivity contribution in [2.75, 3.05) is 5.01 Å². The minimum absolute atomic E-state index is 0.269. The van der Waals surface area contributed by atoms with E-state index in [4.69, 9.17) is 16.7 Å². The van der Waals surface area contributed by atoms with Gasteiger partial charge in [0, 0.05) is 10.6 Å².